The fourth-order valence-electron chi connectivity index (χ4n) is 1.73. The predicted molar refractivity (Wildman–Crippen MR) is 64.1 cm³/mol. The molecule has 1 nitrogen and oxygen atoms in total. The fraction of sp³-hybridized carbons (Fsp3) is 0.500. The van der Waals surface area contributed by atoms with Crippen LogP contribution in [-0.4, -0.2) is 5.78 Å². The minimum Gasteiger partial charge on any atom is -0.295 e. The summed E-state index contributed by atoms with van der Waals surface area (Å²) in [6.07, 6.45) is 9.00. The quantitative estimate of drug-likeness (QED) is 0.626. The average Bonchev–Trinajstić information content (AvgIpc) is 2.33. The van der Waals surface area contributed by atoms with Gasteiger partial charge in [-0.2, -0.15) is 0 Å². The van der Waals surface area contributed by atoms with Crippen molar-refractivity contribution in [1.82, 2.24) is 0 Å². The van der Waals surface area contributed by atoms with E-state index in [2.05, 4.69) is 0 Å². The molecule has 1 aliphatic carbocycles. The van der Waals surface area contributed by atoms with Gasteiger partial charge in [0.2, 0.25) is 0 Å². The summed E-state index contributed by atoms with van der Waals surface area (Å²) in [5, 5.41) is 0. The van der Waals surface area contributed by atoms with Crippen LogP contribution in [0, 0.1) is 0 Å². The van der Waals surface area contributed by atoms with E-state index in [4.69, 9.17) is 0 Å². The summed E-state index contributed by atoms with van der Waals surface area (Å²) in [7, 11) is 0. The highest BCUT2D eigenvalue weighted by Crippen LogP contribution is 2.15. The first-order valence-corrected chi connectivity index (χ1v) is 5.86. The summed E-state index contributed by atoms with van der Waals surface area (Å²) in [6.45, 7) is 1.56. The van der Waals surface area contributed by atoms with Crippen molar-refractivity contribution >= 4 is 5.78 Å². The Balaban J connectivity index is 0.000000162. The molecule has 0 heterocycles. The van der Waals surface area contributed by atoms with Crippen molar-refractivity contribution in [2.45, 2.75) is 45.4 Å². The normalized spacial score (nSPS) is 15.0. The number of hydrogen-bond acceptors (Lipinski definition) is 1. The second kappa shape index (κ2) is 7.22. The molecule has 0 saturated heterocycles. The Labute approximate surface area is 92.5 Å². The lowest BCUT2D eigenvalue weighted by molar-refractivity contribution is 0.101. The van der Waals surface area contributed by atoms with Crippen LogP contribution in [0.25, 0.3) is 0 Å². The number of benzene rings is 1. The van der Waals surface area contributed by atoms with Gasteiger partial charge in [-0.3, -0.25) is 4.79 Å². The highest BCUT2D eigenvalue weighted by Gasteiger charge is 1.95. The monoisotopic (exact) mass is 204 g/mol. The van der Waals surface area contributed by atoms with Crippen LogP contribution in [0.5, 0.6) is 0 Å². The van der Waals surface area contributed by atoms with Crippen molar-refractivity contribution in [3.05, 3.63) is 35.9 Å². The molecule has 0 unspecified atom stereocenters. The lowest BCUT2D eigenvalue weighted by Crippen LogP contribution is -1.88. The fourth-order valence-corrected chi connectivity index (χ4v) is 1.73. The number of carbonyl (C=O) groups is 1. The van der Waals surface area contributed by atoms with Gasteiger partial charge in [0.05, 0.1) is 0 Å². The minimum atomic E-state index is 0.121. The Bertz CT molecular complexity index is 261. The third-order valence-corrected chi connectivity index (χ3v) is 2.68. The zero-order valence-corrected chi connectivity index (χ0v) is 9.54. The molecule has 1 heteroatoms. The molecule has 0 spiro atoms. The average molecular weight is 204 g/mol. The predicted octanol–water partition coefficient (Wildman–Crippen LogP) is 4.23. The van der Waals surface area contributed by atoms with Gasteiger partial charge in [0.1, 0.15) is 0 Å². The summed E-state index contributed by atoms with van der Waals surface area (Å²) >= 11 is 0. The highest BCUT2D eigenvalue weighted by atomic mass is 16.1. The third-order valence-electron chi connectivity index (χ3n) is 2.68. The largest absolute Gasteiger partial charge is 0.295 e. The zero-order valence-electron chi connectivity index (χ0n) is 9.54. The van der Waals surface area contributed by atoms with Gasteiger partial charge >= 0.3 is 0 Å². The van der Waals surface area contributed by atoms with Crippen LogP contribution >= 0.6 is 0 Å². The standard InChI is InChI=1S/C8H8O.C6H12/c1-7(9)8-5-3-2-4-6-8;1-2-4-6-5-3-1/h2-6H,1H3;1-6H2. The smallest absolute Gasteiger partial charge is 0.159 e. The minimum absolute atomic E-state index is 0.121. The van der Waals surface area contributed by atoms with Gasteiger partial charge in [-0.1, -0.05) is 68.9 Å². The van der Waals surface area contributed by atoms with E-state index in [1.54, 1.807) is 6.92 Å². The topological polar surface area (TPSA) is 17.1 Å². The Morgan fingerprint density at radius 3 is 1.53 bits per heavy atom. The highest BCUT2D eigenvalue weighted by molar-refractivity contribution is 5.93. The molecule has 15 heavy (non-hydrogen) atoms. The third kappa shape index (κ3) is 5.36. The lowest BCUT2D eigenvalue weighted by atomic mass is 10.0. The second-order valence-electron chi connectivity index (χ2n) is 4.04. The summed E-state index contributed by atoms with van der Waals surface area (Å²) in [6, 6.07) is 9.23. The maximum absolute atomic E-state index is 10.6. The van der Waals surface area contributed by atoms with Crippen LogP contribution in [0.4, 0.5) is 0 Å². The number of hydrogen-bond donors (Lipinski definition) is 0. The van der Waals surface area contributed by atoms with Crippen molar-refractivity contribution < 1.29 is 4.79 Å². The SMILES string of the molecule is C1CCCCC1.CC(=O)c1ccccc1. The molecule has 0 aromatic heterocycles. The number of Topliss-reactive ketones (excluding diaryl/α,β-unsaturated/α-hetero) is 1. The van der Waals surface area contributed by atoms with E-state index in [1.165, 1.54) is 38.5 Å². The molecule has 1 aromatic rings. The Morgan fingerprint density at radius 1 is 0.867 bits per heavy atom. The molecule has 0 bridgehead atoms. The summed E-state index contributed by atoms with van der Waals surface area (Å²) < 4.78 is 0. The van der Waals surface area contributed by atoms with Crippen molar-refractivity contribution in [2.24, 2.45) is 0 Å². The number of rotatable bonds is 1. The molecular weight excluding hydrogens is 184 g/mol. The van der Waals surface area contributed by atoms with Gasteiger partial charge < -0.3 is 0 Å². The number of carbonyl (C=O) groups excluding carboxylic acids is 1. The van der Waals surface area contributed by atoms with Gasteiger partial charge in [-0.25, -0.2) is 0 Å². The maximum Gasteiger partial charge on any atom is 0.159 e. The van der Waals surface area contributed by atoms with E-state index in [0.29, 0.717) is 0 Å². The van der Waals surface area contributed by atoms with Crippen molar-refractivity contribution in [3.8, 4) is 0 Å². The van der Waals surface area contributed by atoms with Gasteiger partial charge in [-0.15, -0.1) is 0 Å². The molecule has 0 atom stereocenters. The van der Waals surface area contributed by atoms with Crippen molar-refractivity contribution in [2.75, 3.05) is 0 Å². The lowest BCUT2D eigenvalue weighted by Gasteiger charge is -2.05. The van der Waals surface area contributed by atoms with Crippen LogP contribution in [-0.2, 0) is 0 Å². The molecule has 0 N–H and O–H groups in total. The van der Waals surface area contributed by atoms with Crippen LogP contribution in [0.1, 0.15) is 55.8 Å². The van der Waals surface area contributed by atoms with E-state index in [0.717, 1.165) is 5.56 Å². The van der Waals surface area contributed by atoms with Crippen LogP contribution in [0.15, 0.2) is 30.3 Å². The molecule has 1 aliphatic rings. The van der Waals surface area contributed by atoms with Crippen molar-refractivity contribution in [1.29, 1.82) is 0 Å². The van der Waals surface area contributed by atoms with E-state index in [1.807, 2.05) is 30.3 Å². The molecule has 1 saturated carbocycles. The Hall–Kier alpha value is -1.11. The molecule has 82 valence electrons. The summed E-state index contributed by atoms with van der Waals surface area (Å²) in [4.78, 5) is 10.6. The second-order valence-corrected chi connectivity index (χ2v) is 4.04. The molecule has 1 fully saturated rings. The van der Waals surface area contributed by atoms with Gasteiger partial charge in [-0.05, 0) is 6.92 Å². The molecule has 0 radical (unpaired) electrons. The first-order valence-electron chi connectivity index (χ1n) is 5.86. The summed E-state index contributed by atoms with van der Waals surface area (Å²) in [5.74, 6) is 0.121. The van der Waals surface area contributed by atoms with Crippen LogP contribution in [0.2, 0.25) is 0 Å². The van der Waals surface area contributed by atoms with E-state index >= 15 is 0 Å². The number of ketones is 1. The van der Waals surface area contributed by atoms with Gasteiger partial charge in [0.15, 0.2) is 5.78 Å². The maximum atomic E-state index is 10.6. The van der Waals surface area contributed by atoms with Crippen LogP contribution < -0.4 is 0 Å². The van der Waals surface area contributed by atoms with Gasteiger partial charge in [0.25, 0.3) is 0 Å². The molecule has 0 aliphatic heterocycles. The van der Waals surface area contributed by atoms with Crippen molar-refractivity contribution in [3.63, 3.8) is 0 Å². The molecule has 2 rings (SSSR count). The van der Waals surface area contributed by atoms with E-state index < -0.39 is 0 Å². The van der Waals surface area contributed by atoms with Crippen LogP contribution in [0.3, 0.4) is 0 Å². The molecule has 1 aromatic carbocycles. The molecular formula is C14H20O. The first-order chi connectivity index (χ1) is 7.30. The summed E-state index contributed by atoms with van der Waals surface area (Å²) in [5.41, 5.74) is 0.775. The zero-order chi connectivity index (χ0) is 10.9. The molecule has 0 amide bonds. The first kappa shape index (κ1) is 12.0. The Kier molecular flexibility index (Phi) is 5.76. The van der Waals surface area contributed by atoms with E-state index in [-0.39, 0.29) is 5.78 Å². The van der Waals surface area contributed by atoms with E-state index in [9.17, 15) is 4.79 Å². The Morgan fingerprint density at radius 2 is 1.27 bits per heavy atom. The van der Waals surface area contributed by atoms with Gasteiger partial charge in [0, 0.05) is 5.56 Å².